The van der Waals surface area contributed by atoms with E-state index in [0.29, 0.717) is 16.3 Å². The Labute approximate surface area is 156 Å². The molecule has 0 saturated heterocycles. The molecule has 2 aromatic rings. The summed E-state index contributed by atoms with van der Waals surface area (Å²) < 4.78 is 4.93. The molecule has 0 bridgehead atoms. The quantitative estimate of drug-likeness (QED) is 0.781. The summed E-state index contributed by atoms with van der Waals surface area (Å²) in [6.45, 7) is 6.08. The number of urea groups is 1. The van der Waals surface area contributed by atoms with Gasteiger partial charge in [0, 0.05) is 17.1 Å². The molecule has 2 rings (SSSR count). The Morgan fingerprint density at radius 2 is 2.19 bits per heavy atom. The van der Waals surface area contributed by atoms with Crippen LogP contribution in [-0.2, 0) is 11.3 Å². The van der Waals surface area contributed by atoms with Crippen molar-refractivity contribution in [3.05, 3.63) is 45.9 Å². The van der Waals surface area contributed by atoms with E-state index in [0.717, 1.165) is 0 Å². The summed E-state index contributed by atoms with van der Waals surface area (Å²) in [6, 6.07) is 8.37. The van der Waals surface area contributed by atoms with Crippen LogP contribution >= 0.6 is 11.3 Å². The van der Waals surface area contributed by atoms with Gasteiger partial charge in [0.05, 0.1) is 24.8 Å². The normalized spacial score (nSPS) is 10.3. The largest absolute Gasteiger partial charge is 0.461 e. The fraction of sp³-hybridized carbons (Fsp3) is 0.333. The van der Waals surface area contributed by atoms with Crippen LogP contribution in [0.3, 0.4) is 0 Å². The number of benzene rings is 1. The van der Waals surface area contributed by atoms with E-state index in [4.69, 9.17) is 10.00 Å². The van der Waals surface area contributed by atoms with Crippen LogP contribution < -0.4 is 5.32 Å². The third-order valence-corrected chi connectivity index (χ3v) is 4.30. The minimum absolute atomic E-state index is 0.0795. The number of carbonyl (C=O) groups is 2. The van der Waals surface area contributed by atoms with E-state index in [-0.39, 0.29) is 30.9 Å². The van der Waals surface area contributed by atoms with Crippen LogP contribution in [0.4, 0.5) is 10.5 Å². The summed E-state index contributed by atoms with van der Waals surface area (Å²) in [7, 11) is 0. The highest BCUT2D eigenvalue weighted by atomic mass is 32.1. The number of ether oxygens (including phenoxy) is 1. The number of hydrogen-bond acceptors (Lipinski definition) is 6. The molecule has 0 aliphatic carbocycles. The molecule has 0 aliphatic heterocycles. The lowest BCUT2D eigenvalue weighted by Crippen LogP contribution is -2.39. The van der Waals surface area contributed by atoms with Crippen molar-refractivity contribution in [2.45, 2.75) is 33.4 Å². The molecule has 0 saturated carbocycles. The predicted molar refractivity (Wildman–Crippen MR) is 98.9 cm³/mol. The Kier molecular flexibility index (Phi) is 6.69. The number of carbonyl (C=O) groups excluding carboxylic acids is 2. The minimum Gasteiger partial charge on any atom is -0.461 e. The smallest absolute Gasteiger partial charge is 0.357 e. The van der Waals surface area contributed by atoms with E-state index in [1.54, 1.807) is 41.5 Å². The van der Waals surface area contributed by atoms with Gasteiger partial charge in [-0.1, -0.05) is 6.07 Å². The highest BCUT2D eigenvalue weighted by Crippen LogP contribution is 2.17. The van der Waals surface area contributed by atoms with Gasteiger partial charge in [0.1, 0.15) is 5.01 Å². The molecule has 0 radical (unpaired) electrons. The van der Waals surface area contributed by atoms with Gasteiger partial charge >= 0.3 is 12.0 Å². The Bertz CT molecular complexity index is 826. The molecule has 1 heterocycles. The SMILES string of the molecule is CCOC(=O)c1csc(CN(C(=O)Nc2cccc(C#N)c2)C(C)C)n1. The molecule has 2 amide bonds. The van der Waals surface area contributed by atoms with Crippen molar-refractivity contribution in [3.8, 4) is 6.07 Å². The van der Waals surface area contributed by atoms with Crippen LogP contribution in [0, 0.1) is 11.3 Å². The number of nitriles is 1. The monoisotopic (exact) mass is 372 g/mol. The maximum absolute atomic E-state index is 12.6. The van der Waals surface area contributed by atoms with Gasteiger partial charge in [-0.05, 0) is 39.0 Å². The third kappa shape index (κ3) is 5.04. The van der Waals surface area contributed by atoms with Gasteiger partial charge in [-0.3, -0.25) is 0 Å². The first-order valence-electron chi connectivity index (χ1n) is 8.14. The van der Waals surface area contributed by atoms with Crippen LogP contribution in [0.15, 0.2) is 29.6 Å². The van der Waals surface area contributed by atoms with Crippen molar-refractivity contribution in [1.82, 2.24) is 9.88 Å². The lowest BCUT2D eigenvalue weighted by molar-refractivity contribution is 0.0520. The number of anilines is 1. The fourth-order valence-corrected chi connectivity index (χ4v) is 2.94. The molecular weight excluding hydrogens is 352 g/mol. The molecule has 1 N–H and O–H groups in total. The number of esters is 1. The average molecular weight is 372 g/mol. The predicted octanol–water partition coefficient (Wildman–Crippen LogP) is 3.63. The summed E-state index contributed by atoms with van der Waals surface area (Å²) in [5.41, 5.74) is 1.27. The average Bonchev–Trinajstić information content (AvgIpc) is 3.08. The van der Waals surface area contributed by atoms with Crippen LogP contribution in [0.5, 0.6) is 0 Å². The van der Waals surface area contributed by atoms with Gasteiger partial charge in [0.25, 0.3) is 0 Å². The zero-order chi connectivity index (χ0) is 19.1. The first-order valence-corrected chi connectivity index (χ1v) is 9.01. The molecule has 1 aromatic carbocycles. The van der Waals surface area contributed by atoms with E-state index in [1.807, 2.05) is 19.9 Å². The number of rotatable bonds is 6. The highest BCUT2D eigenvalue weighted by molar-refractivity contribution is 7.09. The van der Waals surface area contributed by atoms with Gasteiger partial charge < -0.3 is 15.0 Å². The number of nitrogens with one attached hydrogen (secondary N) is 1. The van der Waals surface area contributed by atoms with Crippen molar-refractivity contribution >= 4 is 29.0 Å². The van der Waals surface area contributed by atoms with Crippen molar-refractivity contribution < 1.29 is 14.3 Å². The second-order valence-corrected chi connectivity index (χ2v) is 6.63. The lowest BCUT2D eigenvalue weighted by atomic mass is 10.2. The zero-order valence-corrected chi connectivity index (χ0v) is 15.7. The molecule has 1 aromatic heterocycles. The molecule has 26 heavy (non-hydrogen) atoms. The topological polar surface area (TPSA) is 95.3 Å². The zero-order valence-electron chi connectivity index (χ0n) is 14.9. The van der Waals surface area contributed by atoms with Gasteiger partial charge in [0.2, 0.25) is 0 Å². The van der Waals surface area contributed by atoms with Crippen molar-refractivity contribution in [2.24, 2.45) is 0 Å². The third-order valence-electron chi connectivity index (χ3n) is 3.47. The van der Waals surface area contributed by atoms with Crippen LogP contribution in [0.25, 0.3) is 0 Å². The molecule has 0 aliphatic rings. The molecule has 8 heteroatoms. The number of aromatic nitrogens is 1. The summed E-state index contributed by atoms with van der Waals surface area (Å²) in [5, 5.41) is 14.0. The lowest BCUT2D eigenvalue weighted by Gasteiger charge is -2.26. The van der Waals surface area contributed by atoms with Crippen molar-refractivity contribution in [3.63, 3.8) is 0 Å². The molecular formula is C18H20N4O3S. The van der Waals surface area contributed by atoms with Crippen LogP contribution in [0.2, 0.25) is 0 Å². The number of nitrogens with zero attached hydrogens (tertiary/aromatic N) is 3. The highest BCUT2D eigenvalue weighted by Gasteiger charge is 2.20. The van der Waals surface area contributed by atoms with Gasteiger partial charge in [-0.2, -0.15) is 5.26 Å². The molecule has 0 fully saturated rings. The molecule has 0 unspecified atom stereocenters. The summed E-state index contributed by atoms with van der Waals surface area (Å²) in [5.74, 6) is -0.469. The molecule has 0 atom stereocenters. The van der Waals surface area contributed by atoms with Crippen LogP contribution in [0.1, 0.15) is 41.8 Å². The van der Waals surface area contributed by atoms with Crippen LogP contribution in [-0.4, -0.2) is 34.5 Å². The number of hydrogen-bond donors (Lipinski definition) is 1. The van der Waals surface area contributed by atoms with E-state index in [1.165, 1.54) is 11.3 Å². The number of amides is 2. The van der Waals surface area contributed by atoms with E-state index in [9.17, 15) is 9.59 Å². The molecule has 7 nitrogen and oxygen atoms in total. The second kappa shape index (κ2) is 8.97. The van der Waals surface area contributed by atoms with Crippen molar-refractivity contribution in [1.29, 1.82) is 5.26 Å². The minimum atomic E-state index is -0.469. The maximum Gasteiger partial charge on any atom is 0.357 e. The molecule has 0 spiro atoms. The molecule has 136 valence electrons. The number of thiazole rings is 1. The van der Waals surface area contributed by atoms with E-state index >= 15 is 0 Å². The first kappa shape index (κ1) is 19.4. The van der Waals surface area contributed by atoms with E-state index < -0.39 is 5.97 Å². The Hall–Kier alpha value is -2.92. The van der Waals surface area contributed by atoms with Gasteiger partial charge in [-0.15, -0.1) is 11.3 Å². The van der Waals surface area contributed by atoms with Gasteiger partial charge in [0.15, 0.2) is 5.69 Å². The Morgan fingerprint density at radius 3 is 2.85 bits per heavy atom. The van der Waals surface area contributed by atoms with E-state index in [2.05, 4.69) is 10.3 Å². The maximum atomic E-state index is 12.6. The Morgan fingerprint density at radius 1 is 1.42 bits per heavy atom. The summed E-state index contributed by atoms with van der Waals surface area (Å²) in [6.07, 6.45) is 0. The summed E-state index contributed by atoms with van der Waals surface area (Å²) in [4.78, 5) is 30.2. The fourth-order valence-electron chi connectivity index (χ4n) is 2.18. The second-order valence-electron chi connectivity index (χ2n) is 5.69. The van der Waals surface area contributed by atoms with Gasteiger partial charge in [-0.25, -0.2) is 14.6 Å². The first-order chi connectivity index (χ1) is 12.4. The van der Waals surface area contributed by atoms with Crippen molar-refractivity contribution in [2.75, 3.05) is 11.9 Å². The standard InChI is InChI=1S/C18H20N4O3S/c1-4-25-17(23)15-11-26-16(21-15)10-22(12(2)3)18(24)20-14-7-5-6-13(8-14)9-19/h5-8,11-12H,4,10H2,1-3H3,(H,20,24). The summed E-state index contributed by atoms with van der Waals surface area (Å²) >= 11 is 1.30. The Balaban J connectivity index is 2.09.